The third-order valence-corrected chi connectivity index (χ3v) is 3.49. The number of carbonyl (C=O) groups excluding carboxylic acids is 1. The molecule has 0 bridgehead atoms. The Morgan fingerprint density at radius 1 is 1.17 bits per heavy atom. The van der Waals surface area contributed by atoms with E-state index in [0.717, 1.165) is 16.9 Å². The lowest BCUT2D eigenvalue weighted by Crippen LogP contribution is -2.28. The molecule has 0 spiro atoms. The Balaban J connectivity index is 1.88. The van der Waals surface area contributed by atoms with Crippen molar-refractivity contribution in [3.63, 3.8) is 0 Å². The van der Waals surface area contributed by atoms with Gasteiger partial charge < -0.3 is 19.9 Å². The van der Waals surface area contributed by atoms with Crippen LogP contribution in [0, 0.1) is 13.8 Å². The van der Waals surface area contributed by atoms with E-state index in [1.165, 1.54) is 19.2 Å². The number of nitrogens with one attached hydrogen (secondary N) is 1. The summed E-state index contributed by atoms with van der Waals surface area (Å²) in [6.07, 6.45) is 0. The number of ether oxygens (including phenoxy) is 2. The largest absolute Gasteiger partial charge is 0.507 e. The van der Waals surface area contributed by atoms with E-state index in [0.29, 0.717) is 18.9 Å². The Kier molecular flexibility index (Phi) is 5.46. The standard InChI is InChI=1S/C18H21NO4/c1-12-5-4-6-13(2)17(12)23-10-9-19-18(21)15-8-7-14(22-3)11-16(15)20/h4-8,11,20H,9-10H2,1-3H3,(H,19,21). The van der Waals surface area contributed by atoms with E-state index in [9.17, 15) is 9.90 Å². The molecule has 0 heterocycles. The molecule has 0 aliphatic carbocycles. The second-order valence-corrected chi connectivity index (χ2v) is 5.21. The number of amides is 1. The summed E-state index contributed by atoms with van der Waals surface area (Å²) in [4.78, 5) is 12.0. The number of aromatic hydroxyl groups is 1. The maximum absolute atomic E-state index is 12.0. The van der Waals surface area contributed by atoms with Crippen LogP contribution < -0.4 is 14.8 Å². The molecule has 2 aromatic rings. The monoisotopic (exact) mass is 315 g/mol. The average Bonchev–Trinajstić information content (AvgIpc) is 2.53. The fourth-order valence-corrected chi connectivity index (χ4v) is 2.27. The lowest BCUT2D eigenvalue weighted by atomic mass is 10.1. The van der Waals surface area contributed by atoms with Crippen LogP contribution in [0.3, 0.4) is 0 Å². The minimum absolute atomic E-state index is 0.113. The van der Waals surface area contributed by atoms with Crippen molar-refractivity contribution in [2.24, 2.45) is 0 Å². The van der Waals surface area contributed by atoms with Gasteiger partial charge in [-0.2, -0.15) is 0 Å². The number of aryl methyl sites for hydroxylation is 2. The van der Waals surface area contributed by atoms with Gasteiger partial charge in [0.2, 0.25) is 0 Å². The van der Waals surface area contributed by atoms with Crippen molar-refractivity contribution in [2.75, 3.05) is 20.3 Å². The summed E-state index contributed by atoms with van der Waals surface area (Å²) in [6.45, 7) is 4.67. The molecule has 2 aromatic carbocycles. The minimum Gasteiger partial charge on any atom is -0.507 e. The first-order valence-corrected chi connectivity index (χ1v) is 7.37. The highest BCUT2D eigenvalue weighted by molar-refractivity contribution is 5.96. The van der Waals surface area contributed by atoms with Crippen LogP contribution in [0.25, 0.3) is 0 Å². The van der Waals surface area contributed by atoms with Gasteiger partial charge in [0.1, 0.15) is 23.9 Å². The number of rotatable bonds is 6. The highest BCUT2D eigenvalue weighted by Gasteiger charge is 2.11. The molecule has 23 heavy (non-hydrogen) atoms. The van der Waals surface area contributed by atoms with Crippen LogP contribution in [0.4, 0.5) is 0 Å². The molecule has 1 amide bonds. The zero-order chi connectivity index (χ0) is 16.8. The predicted molar refractivity (Wildman–Crippen MR) is 88.4 cm³/mol. The van der Waals surface area contributed by atoms with Crippen LogP contribution in [0.2, 0.25) is 0 Å². The van der Waals surface area contributed by atoms with Gasteiger partial charge in [0.05, 0.1) is 19.2 Å². The summed E-state index contributed by atoms with van der Waals surface area (Å²) in [5.74, 6) is 0.874. The molecule has 0 aromatic heterocycles. The fourth-order valence-electron chi connectivity index (χ4n) is 2.27. The van der Waals surface area contributed by atoms with Crippen LogP contribution in [-0.2, 0) is 0 Å². The molecule has 5 nitrogen and oxygen atoms in total. The third-order valence-electron chi connectivity index (χ3n) is 3.49. The maximum atomic E-state index is 12.0. The summed E-state index contributed by atoms with van der Waals surface area (Å²) < 4.78 is 10.7. The molecule has 5 heteroatoms. The van der Waals surface area contributed by atoms with Gasteiger partial charge in [0, 0.05) is 6.07 Å². The van der Waals surface area contributed by atoms with Gasteiger partial charge in [-0.3, -0.25) is 4.79 Å². The van der Waals surface area contributed by atoms with Gasteiger partial charge in [-0.25, -0.2) is 0 Å². The quantitative estimate of drug-likeness (QED) is 0.804. The van der Waals surface area contributed by atoms with Gasteiger partial charge in [0.25, 0.3) is 5.91 Å². The van der Waals surface area contributed by atoms with E-state index < -0.39 is 0 Å². The van der Waals surface area contributed by atoms with Crippen molar-refractivity contribution in [1.29, 1.82) is 0 Å². The number of carbonyl (C=O) groups is 1. The maximum Gasteiger partial charge on any atom is 0.255 e. The highest BCUT2D eigenvalue weighted by Crippen LogP contribution is 2.23. The van der Waals surface area contributed by atoms with E-state index in [1.807, 2.05) is 32.0 Å². The Morgan fingerprint density at radius 2 is 1.87 bits per heavy atom. The normalized spacial score (nSPS) is 10.2. The molecule has 0 unspecified atom stereocenters. The minimum atomic E-state index is -0.352. The third kappa shape index (κ3) is 4.16. The van der Waals surface area contributed by atoms with Crippen molar-refractivity contribution in [2.45, 2.75) is 13.8 Å². The second-order valence-electron chi connectivity index (χ2n) is 5.21. The van der Waals surface area contributed by atoms with Gasteiger partial charge in [-0.1, -0.05) is 18.2 Å². The Bertz CT molecular complexity index is 677. The lowest BCUT2D eigenvalue weighted by molar-refractivity contribution is 0.0944. The van der Waals surface area contributed by atoms with E-state index in [1.54, 1.807) is 6.07 Å². The summed E-state index contributed by atoms with van der Waals surface area (Å²) in [5.41, 5.74) is 2.33. The molecule has 2 N–H and O–H groups in total. The molecular weight excluding hydrogens is 294 g/mol. The summed E-state index contributed by atoms with van der Waals surface area (Å²) in [6, 6.07) is 10.5. The molecular formula is C18H21NO4. The zero-order valence-corrected chi connectivity index (χ0v) is 13.6. The van der Waals surface area contributed by atoms with E-state index >= 15 is 0 Å². The molecule has 122 valence electrons. The van der Waals surface area contributed by atoms with Crippen molar-refractivity contribution < 1.29 is 19.4 Å². The Labute approximate surface area is 135 Å². The number of phenols is 1. The lowest BCUT2D eigenvalue weighted by Gasteiger charge is -2.12. The Hall–Kier alpha value is -2.69. The molecule has 0 saturated carbocycles. The summed E-state index contributed by atoms with van der Waals surface area (Å²) in [5, 5.41) is 12.5. The molecule has 0 aliphatic rings. The van der Waals surface area contributed by atoms with Crippen LogP contribution in [0.15, 0.2) is 36.4 Å². The smallest absolute Gasteiger partial charge is 0.255 e. The SMILES string of the molecule is COc1ccc(C(=O)NCCOc2c(C)cccc2C)c(O)c1. The first kappa shape index (κ1) is 16.7. The van der Waals surface area contributed by atoms with Crippen LogP contribution >= 0.6 is 0 Å². The average molecular weight is 315 g/mol. The molecule has 2 rings (SSSR count). The number of methoxy groups -OCH3 is 1. The van der Waals surface area contributed by atoms with Crippen molar-refractivity contribution in [3.8, 4) is 17.2 Å². The number of benzene rings is 2. The number of hydrogen-bond acceptors (Lipinski definition) is 4. The summed E-state index contributed by atoms with van der Waals surface area (Å²) in [7, 11) is 1.50. The first-order valence-electron chi connectivity index (χ1n) is 7.37. The Morgan fingerprint density at radius 3 is 2.48 bits per heavy atom. The highest BCUT2D eigenvalue weighted by atomic mass is 16.5. The number of hydrogen-bond donors (Lipinski definition) is 2. The van der Waals surface area contributed by atoms with E-state index in [2.05, 4.69) is 5.32 Å². The molecule has 0 saturated heterocycles. The van der Waals surface area contributed by atoms with Gasteiger partial charge in [0.15, 0.2) is 0 Å². The predicted octanol–water partition coefficient (Wildman–Crippen LogP) is 2.83. The van der Waals surface area contributed by atoms with E-state index in [-0.39, 0.29) is 17.2 Å². The fraction of sp³-hybridized carbons (Fsp3) is 0.278. The number of phenolic OH excluding ortho intramolecular Hbond substituents is 1. The second kappa shape index (κ2) is 7.54. The molecule has 0 aliphatic heterocycles. The zero-order valence-electron chi connectivity index (χ0n) is 13.6. The van der Waals surface area contributed by atoms with Gasteiger partial charge in [-0.05, 0) is 37.1 Å². The van der Waals surface area contributed by atoms with Crippen LogP contribution in [0.5, 0.6) is 17.2 Å². The van der Waals surface area contributed by atoms with Crippen molar-refractivity contribution in [3.05, 3.63) is 53.1 Å². The van der Waals surface area contributed by atoms with Crippen LogP contribution in [-0.4, -0.2) is 31.3 Å². The van der Waals surface area contributed by atoms with Crippen molar-refractivity contribution >= 4 is 5.91 Å². The first-order chi connectivity index (χ1) is 11.0. The van der Waals surface area contributed by atoms with Gasteiger partial charge in [-0.15, -0.1) is 0 Å². The van der Waals surface area contributed by atoms with Gasteiger partial charge >= 0.3 is 0 Å². The summed E-state index contributed by atoms with van der Waals surface area (Å²) >= 11 is 0. The molecule has 0 fully saturated rings. The number of para-hydroxylation sites is 1. The molecule has 0 radical (unpaired) electrons. The topological polar surface area (TPSA) is 67.8 Å². The van der Waals surface area contributed by atoms with Crippen LogP contribution in [0.1, 0.15) is 21.5 Å². The van der Waals surface area contributed by atoms with E-state index in [4.69, 9.17) is 9.47 Å². The van der Waals surface area contributed by atoms with Crippen molar-refractivity contribution in [1.82, 2.24) is 5.32 Å². The molecule has 0 atom stereocenters.